The summed E-state index contributed by atoms with van der Waals surface area (Å²) in [5.74, 6) is 0. The van der Waals surface area contributed by atoms with Crippen LogP contribution in [0.15, 0.2) is 218 Å². The van der Waals surface area contributed by atoms with Crippen molar-refractivity contribution in [3.63, 3.8) is 0 Å². The van der Waals surface area contributed by atoms with E-state index in [9.17, 15) is 11.0 Å². The molecule has 56 heavy (non-hydrogen) atoms. The van der Waals surface area contributed by atoms with Crippen LogP contribution in [0.3, 0.4) is 0 Å². The number of hydrogen-bond donors (Lipinski definition) is 0. The summed E-state index contributed by atoms with van der Waals surface area (Å²) in [6.07, 6.45) is 0. The largest absolute Gasteiger partial charge is 0.309 e. The summed E-state index contributed by atoms with van der Waals surface area (Å²) in [4.78, 5) is 0. The number of rotatable bonds is 6. The molecule has 0 bridgehead atoms. The van der Waals surface area contributed by atoms with E-state index in [0.29, 0.717) is 11.4 Å². The predicted octanol–water partition coefficient (Wildman–Crippen LogP) is 14.5. The van der Waals surface area contributed by atoms with E-state index in [2.05, 4.69) is 6.07 Å². The third-order valence-corrected chi connectivity index (χ3v) is 10.2. The van der Waals surface area contributed by atoms with E-state index in [1.807, 2.05) is 103 Å². The Morgan fingerprint density at radius 1 is 0.286 bits per heavy atom. The molecule has 0 aliphatic carbocycles. The van der Waals surface area contributed by atoms with Gasteiger partial charge in [0.15, 0.2) is 0 Å². The van der Waals surface area contributed by atoms with Crippen molar-refractivity contribution in [2.75, 3.05) is 0 Å². The molecule has 262 valence electrons. The molecule has 0 aliphatic heterocycles. The monoisotopic (exact) mass is 726 g/mol. The smallest absolute Gasteiger partial charge is 0.0645 e. The van der Waals surface area contributed by atoms with Gasteiger partial charge in [0.1, 0.15) is 0 Å². The van der Waals surface area contributed by atoms with Gasteiger partial charge < -0.3 is 9.13 Å². The highest BCUT2D eigenvalue weighted by Gasteiger charge is 2.16. The summed E-state index contributed by atoms with van der Waals surface area (Å²) < 4.78 is 132. The molecule has 0 spiro atoms. The van der Waals surface area contributed by atoms with Crippen molar-refractivity contribution in [3.05, 3.63) is 218 Å². The Kier molecular flexibility index (Phi) is 4.90. The number of para-hydroxylation sites is 2. The quantitative estimate of drug-likeness (QED) is 0.161. The molecule has 0 saturated heterocycles. The maximum absolute atomic E-state index is 9.88. The SMILES string of the molecule is [2H]c1c([2H])c([2H])c2c(c1[2H])c1c([2H])c(-c3c([2H])c([2H])c4c(c3[2H])c3c([2H])c([2H])c([2H])c([2H])c3n4-c3ccc(-c4cccc(-c5ccccc5)c4)cc3)c([2H])c([2H])c1n2-c1ccc(-c2ccccc2)cc1. The standard InChI is InChI=1S/C54H36N2/c1-3-12-37(13-4-1)39-22-28-45(29-23-39)55-51-20-9-7-18-47(51)49-35-43(26-32-53(49)55)44-27-33-54-50(36-44)48-19-8-10-21-52(48)56(54)46-30-24-40(25-31-46)42-17-11-16-41(34-42)38-14-5-2-6-15-38/h1-36H/i7D,8D,9D,10D,18D,19D,20D,21D,26D,27D,32D,33D,35D,36D. The Morgan fingerprint density at radius 3 is 1.14 bits per heavy atom. The van der Waals surface area contributed by atoms with Crippen molar-refractivity contribution in [3.8, 4) is 55.9 Å². The molecule has 2 heterocycles. The van der Waals surface area contributed by atoms with E-state index < -0.39 is 95.7 Å². The Labute approximate surface area is 345 Å². The van der Waals surface area contributed by atoms with Crippen LogP contribution in [0.25, 0.3) is 99.5 Å². The molecule has 9 aromatic carbocycles. The Bertz CT molecular complexity index is 4020. The molecule has 2 heteroatoms. The van der Waals surface area contributed by atoms with Crippen molar-refractivity contribution in [1.82, 2.24) is 9.13 Å². The van der Waals surface area contributed by atoms with Gasteiger partial charge in [-0.25, -0.2) is 0 Å². The van der Waals surface area contributed by atoms with Crippen LogP contribution in [0, 0.1) is 0 Å². The van der Waals surface area contributed by atoms with E-state index in [1.54, 1.807) is 24.3 Å². The lowest BCUT2D eigenvalue weighted by molar-refractivity contribution is 1.18. The molecule has 0 saturated carbocycles. The van der Waals surface area contributed by atoms with Gasteiger partial charge in [0, 0.05) is 32.9 Å². The molecule has 0 radical (unpaired) electrons. The highest BCUT2D eigenvalue weighted by Crippen LogP contribution is 2.39. The van der Waals surface area contributed by atoms with Crippen LogP contribution in [-0.2, 0) is 0 Å². The molecule has 0 unspecified atom stereocenters. The minimum Gasteiger partial charge on any atom is -0.309 e. The van der Waals surface area contributed by atoms with Gasteiger partial charge in [-0.15, -0.1) is 0 Å². The van der Waals surface area contributed by atoms with E-state index >= 15 is 0 Å². The number of benzene rings is 9. The maximum Gasteiger partial charge on any atom is 0.0645 e. The third-order valence-electron chi connectivity index (χ3n) is 10.2. The zero-order valence-corrected chi connectivity index (χ0v) is 29.6. The first kappa shape index (κ1) is 20.9. The molecule has 0 amide bonds. The molecule has 2 nitrogen and oxygen atoms in total. The van der Waals surface area contributed by atoms with E-state index in [0.717, 1.165) is 33.4 Å². The highest BCUT2D eigenvalue weighted by atomic mass is 15.0. The van der Waals surface area contributed by atoms with E-state index in [4.69, 9.17) is 8.22 Å². The Balaban J connectivity index is 1.18. The fourth-order valence-corrected chi connectivity index (χ4v) is 7.54. The van der Waals surface area contributed by atoms with Crippen LogP contribution < -0.4 is 0 Å². The zero-order chi connectivity index (χ0) is 49.2. The third kappa shape index (κ3) is 5.34. The van der Waals surface area contributed by atoms with Gasteiger partial charge in [-0.2, -0.15) is 0 Å². The van der Waals surface area contributed by atoms with Crippen LogP contribution >= 0.6 is 0 Å². The predicted molar refractivity (Wildman–Crippen MR) is 237 cm³/mol. The topological polar surface area (TPSA) is 9.86 Å². The summed E-state index contributed by atoms with van der Waals surface area (Å²) in [7, 11) is 0. The first-order valence-electron chi connectivity index (χ1n) is 25.1. The minimum absolute atomic E-state index is 0.0465. The second-order valence-electron chi connectivity index (χ2n) is 13.5. The molecule has 0 atom stereocenters. The lowest BCUT2D eigenvalue weighted by atomic mass is 9.99. The normalized spacial score (nSPS) is 15.1. The summed E-state index contributed by atoms with van der Waals surface area (Å²) in [5.41, 5.74) is 5.25. The molecular formula is C54H36N2. The first-order valence-corrected chi connectivity index (χ1v) is 18.1. The molecule has 2 aromatic heterocycles. The van der Waals surface area contributed by atoms with Crippen LogP contribution in [0.5, 0.6) is 0 Å². The lowest BCUT2D eigenvalue weighted by Crippen LogP contribution is -1.94. The van der Waals surface area contributed by atoms with Crippen molar-refractivity contribution in [1.29, 1.82) is 0 Å². The second kappa shape index (κ2) is 13.2. The van der Waals surface area contributed by atoms with Gasteiger partial charge in [-0.05, 0) is 111 Å². The fraction of sp³-hybridized carbons (Fsp3) is 0. The molecule has 0 N–H and O–H groups in total. The van der Waals surface area contributed by atoms with Gasteiger partial charge in [-0.3, -0.25) is 0 Å². The maximum atomic E-state index is 9.88. The van der Waals surface area contributed by atoms with Gasteiger partial charge >= 0.3 is 0 Å². The Morgan fingerprint density at radius 2 is 0.661 bits per heavy atom. The number of nitrogens with zero attached hydrogens (tertiary/aromatic N) is 2. The van der Waals surface area contributed by atoms with Crippen LogP contribution in [0.1, 0.15) is 19.2 Å². The summed E-state index contributed by atoms with van der Waals surface area (Å²) in [5, 5.41) is -0.491. The number of aromatic nitrogens is 2. The van der Waals surface area contributed by atoms with Crippen molar-refractivity contribution >= 4 is 43.6 Å². The lowest BCUT2D eigenvalue weighted by Gasteiger charge is -2.11. The molecule has 0 fully saturated rings. The number of fused-ring (bicyclic) bond motifs is 6. The molecule has 11 rings (SSSR count). The van der Waals surface area contributed by atoms with Gasteiger partial charge in [0.05, 0.1) is 41.3 Å². The van der Waals surface area contributed by atoms with Crippen molar-refractivity contribution in [2.45, 2.75) is 0 Å². The van der Waals surface area contributed by atoms with E-state index in [-0.39, 0.29) is 43.6 Å². The fourth-order valence-electron chi connectivity index (χ4n) is 7.54. The molecular weight excluding hydrogens is 677 g/mol. The zero-order valence-electron chi connectivity index (χ0n) is 43.6. The van der Waals surface area contributed by atoms with Gasteiger partial charge in [-0.1, -0.05) is 151 Å². The van der Waals surface area contributed by atoms with Gasteiger partial charge in [0.25, 0.3) is 0 Å². The van der Waals surface area contributed by atoms with Crippen molar-refractivity contribution < 1.29 is 19.2 Å². The van der Waals surface area contributed by atoms with E-state index in [1.165, 1.54) is 9.13 Å². The molecule has 0 aliphatic rings. The van der Waals surface area contributed by atoms with Crippen LogP contribution in [0.2, 0.25) is 0 Å². The average Bonchev–Trinajstić information content (AvgIpc) is 3.95. The van der Waals surface area contributed by atoms with Crippen LogP contribution in [-0.4, -0.2) is 9.13 Å². The Hall–Kier alpha value is -7.42. The first-order chi connectivity index (χ1) is 33.6. The summed E-state index contributed by atoms with van der Waals surface area (Å²) >= 11 is 0. The molecule has 11 aromatic rings. The summed E-state index contributed by atoms with van der Waals surface area (Å²) in [6.45, 7) is 0. The summed E-state index contributed by atoms with van der Waals surface area (Å²) in [6, 6.07) is 34.3. The number of hydrogen-bond acceptors (Lipinski definition) is 0. The minimum atomic E-state index is -0.617. The second-order valence-corrected chi connectivity index (χ2v) is 13.5. The van der Waals surface area contributed by atoms with Crippen LogP contribution in [0.4, 0.5) is 0 Å². The highest BCUT2D eigenvalue weighted by molar-refractivity contribution is 6.12. The van der Waals surface area contributed by atoms with Crippen molar-refractivity contribution in [2.24, 2.45) is 0 Å². The van der Waals surface area contributed by atoms with Gasteiger partial charge in [0.2, 0.25) is 0 Å². The average molecular weight is 727 g/mol.